The molecule has 1 rings (SSSR count). The van der Waals surface area contributed by atoms with E-state index in [1.54, 1.807) is 7.11 Å². The first kappa shape index (κ1) is 13.8. The van der Waals surface area contributed by atoms with Crippen molar-refractivity contribution >= 4 is 0 Å². The Morgan fingerprint density at radius 2 is 1.94 bits per heavy atom. The highest BCUT2D eigenvalue weighted by Crippen LogP contribution is 2.18. The van der Waals surface area contributed by atoms with Crippen molar-refractivity contribution in [3.05, 3.63) is 24.3 Å². The van der Waals surface area contributed by atoms with Crippen molar-refractivity contribution in [3.63, 3.8) is 0 Å². The number of benzene rings is 1. The van der Waals surface area contributed by atoms with Crippen LogP contribution in [-0.4, -0.2) is 26.8 Å². The van der Waals surface area contributed by atoms with Crippen LogP contribution in [0.2, 0.25) is 0 Å². The van der Waals surface area contributed by atoms with Crippen molar-refractivity contribution in [3.8, 4) is 11.5 Å². The molecule has 0 spiro atoms. The van der Waals surface area contributed by atoms with Gasteiger partial charge < -0.3 is 14.8 Å². The van der Waals surface area contributed by atoms with Gasteiger partial charge in [0.2, 0.25) is 0 Å². The molecule has 0 saturated carbocycles. The van der Waals surface area contributed by atoms with Gasteiger partial charge in [-0.2, -0.15) is 0 Å². The number of unbranched alkanes of at least 4 members (excludes halogenated alkanes) is 2. The Morgan fingerprint density at radius 3 is 2.71 bits per heavy atom. The summed E-state index contributed by atoms with van der Waals surface area (Å²) < 4.78 is 10.8. The molecule has 0 saturated heterocycles. The summed E-state index contributed by atoms with van der Waals surface area (Å²) in [7, 11) is 1.67. The summed E-state index contributed by atoms with van der Waals surface area (Å²) in [6, 6.07) is 7.74. The van der Waals surface area contributed by atoms with Gasteiger partial charge in [-0.25, -0.2) is 0 Å². The molecule has 0 aliphatic carbocycles. The molecule has 0 heterocycles. The molecular weight excluding hydrogens is 214 g/mol. The summed E-state index contributed by atoms with van der Waals surface area (Å²) in [4.78, 5) is 0. The zero-order valence-corrected chi connectivity index (χ0v) is 10.9. The Hall–Kier alpha value is -1.22. The molecule has 0 bridgehead atoms. The van der Waals surface area contributed by atoms with Gasteiger partial charge in [0.25, 0.3) is 0 Å². The molecule has 0 radical (unpaired) electrons. The van der Waals surface area contributed by atoms with Gasteiger partial charge in [0.05, 0.1) is 13.7 Å². The third kappa shape index (κ3) is 6.17. The van der Waals surface area contributed by atoms with Crippen molar-refractivity contribution in [2.45, 2.75) is 26.2 Å². The molecule has 3 nitrogen and oxygen atoms in total. The SMILES string of the molecule is CCNCCCCCOc1cccc(OC)c1. The minimum Gasteiger partial charge on any atom is -0.497 e. The zero-order valence-electron chi connectivity index (χ0n) is 10.9. The van der Waals surface area contributed by atoms with Crippen LogP contribution in [0.4, 0.5) is 0 Å². The maximum absolute atomic E-state index is 5.65. The molecule has 0 aliphatic heterocycles. The fourth-order valence-electron chi connectivity index (χ4n) is 1.59. The van der Waals surface area contributed by atoms with E-state index in [-0.39, 0.29) is 0 Å². The predicted molar refractivity (Wildman–Crippen MR) is 70.9 cm³/mol. The van der Waals surface area contributed by atoms with Gasteiger partial charge in [-0.15, -0.1) is 0 Å². The van der Waals surface area contributed by atoms with Crippen LogP contribution in [0.3, 0.4) is 0 Å². The molecule has 3 heteroatoms. The molecule has 0 unspecified atom stereocenters. The second-order valence-electron chi connectivity index (χ2n) is 3.94. The molecule has 96 valence electrons. The number of hydrogen-bond donors (Lipinski definition) is 1. The van der Waals surface area contributed by atoms with Crippen molar-refractivity contribution in [2.24, 2.45) is 0 Å². The van der Waals surface area contributed by atoms with Crippen LogP contribution < -0.4 is 14.8 Å². The van der Waals surface area contributed by atoms with Gasteiger partial charge in [0, 0.05) is 6.07 Å². The van der Waals surface area contributed by atoms with Gasteiger partial charge in [0.15, 0.2) is 0 Å². The van der Waals surface area contributed by atoms with E-state index in [4.69, 9.17) is 9.47 Å². The molecule has 1 aromatic carbocycles. The predicted octanol–water partition coefficient (Wildman–Crippen LogP) is 2.85. The maximum atomic E-state index is 5.65. The average Bonchev–Trinajstić information content (AvgIpc) is 2.38. The summed E-state index contributed by atoms with van der Waals surface area (Å²) in [6.07, 6.45) is 3.52. The second-order valence-corrected chi connectivity index (χ2v) is 3.94. The largest absolute Gasteiger partial charge is 0.497 e. The van der Waals surface area contributed by atoms with Crippen LogP contribution in [0.25, 0.3) is 0 Å². The number of hydrogen-bond acceptors (Lipinski definition) is 3. The van der Waals surface area contributed by atoms with Gasteiger partial charge >= 0.3 is 0 Å². The Labute approximate surface area is 104 Å². The fourth-order valence-corrected chi connectivity index (χ4v) is 1.59. The molecule has 0 aliphatic rings. The van der Waals surface area contributed by atoms with E-state index in [1.807, 2.05) is 24.3 Å². The molecule has 1 aromatic rings. The van der Waals surface area contributed by atoms with Gasteiger partial charge in [0.1, 0.15) is 11.5 Å². The molecule has 0 atom stereocenters. The highest BCUT2D eigenvalue weighted by atomic mass is 16.5. The Kier molecular flexibility index (Phi) is 7.23. The lowest BCUT2D eigenvalue weighted by atomic mass is 10.2. The minimum atomic E-state index is 0.777. The lowest BCUT2D eigenvalue weighted by molar-refractivity contribution is 0.302. The van der Waals surface area contributed by atoms with E-state index < -0.39 is 0 Å². The highest BCUT2D eigenvalue weighted by molar-refractivity contribution is 5.32. The van der Waals surface area contributed by atoms with Crippen molar-refractivity contribution < 1.29 is 9.47 Å². The topological polar surface area (TPSA) is 30.5 Å². The van der Waals surface area contributed by atoms with Crippen LogP contribution in [0.1, 0.15) is 26.2 Å². The summed E-state index contributed by atoms with van der Waals surface area (Å²) in [6.45, 7) is 5.07. The average molecular weight is 237 g/mol. The van der Waals surface area contributed by atoms with Crippen LogP contribution >= 0.6 is 0 Å². The van der Waals surface area contributed by atoms with Crippen LogP contribution in [0.5, 0.6) is 11.5 Å². The summed E-state index contributed by atoms with van der Waals surface area (Å²) in [5, 5.41) is 3.31. The molecule has 0 amide bonds. The Morgan fingerprint density at radius 1 is 1.12 bits per heavy atom. The molecular formula is C14H23NO2. The lowest BCUT2D eigenvalue weighted by Gasteiger charge is -2.07. The first-order valence-electron chi connectivity index (χ1n) is 6.34. The highest BCUT2D eigenvalue weighted by Gasteiger charge is 1.96. The van der Waals surface area contributed by atoms with E-state index in [0.29, 0.717) is 0 Å². The van der Waals surface area contributed by atoms with Crippen molar-refractivity contribution in [1.29, 1.82) is 0 Å². The third-order valence-electron chi connectivity index (χ3n) is 2.56. The molecule has 0 aromatic heterocycles. The minimum absolute atomic E-state index is 0.777. The van der Waals surface area contributed by atoms with E-state index >= 15 is 0 Å². The van der Waals surface area contributed by atoms with Crippen LogP contribution in [0.15, 0.2) is 24.3 Å². The Balaban J connectivity index is 2.09. The van der Waals surface area contributed by atoms with Crippen LogP contribution in [0, 0.1) is 0 Å². The lowest BCUT2D eigenvalue weighted by Crippen LogP contribution is -2.14. The monoisotopic (exact) mass is 237 g/mol. The number of nitrogens with one attached hydrogen (secondary N) is 1. The van der Waals surface area contributed by atoms with Gasteiger partial charge in [-0.1, -0.05) is 13.0 Å². The third-order valence-corrected chi connectivity index (χ3v) is 2.56. The fraction of sp³-hybridized carbons (Fsp3) is 0.571. The quantitative estimate of drug-likeness (QED) is 0.670. The first-order valence-corrected chi connectivity index (χ1v) is 6.34. The van der Waals surface area contributed by atoms with Gasteiger partial charge in [-0.3, -0.25) is 0 Å². The number of ether oxygens (including phenoxy) is 2. The first-order chi connectivity index (χ1) is 8.36. The smallest absolute Gasteiger partial charge is 0.122 e. The zero-order chi connectivity index (χ0) is 12.3. The molecule has 17 heavy (non-hydrogen) atoms. The number of rotatable bonds is 9. The van der Waals surface area contributed by atoms with E-state index in [1.165, 1.54) is 12.8 Å². The normalized spacial score (nSPS) is 10.2. The van der Waals surface area contributed by atoms with E-state index in [2.05, 4.69) is 12.2 Å². The van der Waals surface area contributed by atoms with E-state index in [0.717, 1.165) is 37.6 Å². The summed E-state index contributed by atoms with van der Waals surface area (Å²) >= 11 is 0. The van der Waals surface area contributed by atoms with Gasteiger partial charge in [-0.05, 0) is 44.5 Å². The second kappa shape index (κ2) is 8.88. The number of methoxy groups -OCH3 is 1. The standard InChI is InChI=1S/C14H23NO2/c1-3-15-10-5-4-6-11-17-14-9-7-8-13(12-14)16-2/h7-9,12,15H,3-6,10-11H2,1-2H3. The van der Waals surface area contributed by atoms with E-state index in [9.17, 15) is 0 Å². The summed E-state index contributed by atoms with van der Waals surface area (Å²) in [5.74, 6) is 1.73. The Bertz CT molecular complexity index is 302. The molecule has 1 N–H and O–H groups in total. The maximum Gasteiger partial charge on any atom is 0.122 e. The van der Waals surface area contributed by atoms with Crippen molar-refractivity contribution in [1.82, 2.24) is 5.32 Å². The van der Waals surface area contributed by atoms with Crippen LogP contribution in [-0.2, 0) is 0 Å². The van der Waals surface area contributed by atoms with Crippen molar-refractivity contribution in [2.75, 3.05) is 26.8 Å². The summed E-state index contributed by atoms with van der Waals surface area (Å²) in [5.41, 5.74) is 0. The molecule has 0 fully saturated rings.